The standard InChI is InChI=1S/C15H15F3N2/c1-9(2)20-7-10-3-11(8-19-6-10)15-13(17)4-12(16)5-14(15)18/h3-6,8-9,20H,7H2,1-2H3. The molecule has 0 amide bonds. The number of hydrogen-bond acceptors (Lipinski definition) is 2. The predicted molar refractivity (Wildman–Crippen MR) is 71.5 cm³/mol. The molecule has 0 aliphatic rings. The number of pyridine rings is 1. The first kappa shape index (κ1) is 14.5. The summed E-state index contributed by atoms with van der Waals surface area (Å²) in [6.07, 6.45) is 2.98. The van der Waals surface area contributed by atoms with Crippen molar-refractivity contribution in [2.75, 3.05) is 0 Å². The zero-order valence-electron chi connectivity index (χ0n) is 11.3. The third-order valence-electron chi connectivity index (χ3n) is 2.80. The van der Waals surface area contributed by atoms with E-state index < -0.39 is 17.5 Å². The van der Waals surface area contributed by atoms with Crippen molar-refractivity contribution in [3.05, 3.63) is 53.6 Å². The molecule has 0 aliphatic heterocycles. The molecular formula is C15H15F3N2. The van der Waals surface area contributed by atoms with Gasteiger partial charge in [0.1, 0.15) is 17.5 Å². The Hall–Kier alpha value is -1.88. The second kappa shape index (κ2) is 6.05. The molecule has 2 aromatic rings. The molecule has 0 fully saturated rings. The van der Waals surface area contributed by atoms with Gasteiger partial charge in [-0.25, -0.2) is 13.2 Å². The summed E-state index contributed by atoms with van der Waals surface area (Å²) in [4.78, 5) is 3.98. The van der Waals surface area contributed by atoms with Crippen LogP contribution < -0.4 is 5.32 Å². The van der Waals surface area contributed by atoms with E-state index in [1.54, 1.807) is 12.3 Å². The molecule has 2 rings (SSSR count). The Morgan fingerprint density at radius 3 is 2.30 bits per heavy atom. The maximum atomic E-state index is 13.7. The Kier molecular flexibility index (Phi) is 4.39. The Morgan fingerprint density at radius 1 is 1.05 bits per heavy atom. The first-order valence-electron chi connectivity index (χ1n) is 6.29. The van der Waals surface area contributed by atoms with Crippen molar-refractivity contribution in [2.24, 2.45) is 0 Å². The topological polar surface area (TPSA) is 24.9 Å². The lowest BCUT2D eigenvalue weighted by Gasteiger charge is -2.10. The Morgan fingerprint density at radius 2 is 1.70 bits per heavy atom. The van der Waals surface area contributed by atoms with Gasteiger partial charge in [0.15, 0.2) is 0 Å². The SMILES string of the molecule is CC(C)NCc1cncc(-c2c(F)cc(F)cc2F)c1. The lowest BCUT2D eigenvalue weighted by Crippen LogP contribution is -2.21. The van der Waals surface area contributed by atoms with E-state index >= 15 is 0 Å². The van der Waals surface area contributed by atoms with Gasteiger partial charge in [0, 0.05) is 42.7 Å². The van der Waals surface area contributed by atoms with Crippen LogP contribution in [0.3, 0.4) is 0 Å². The van der Waals surface area contributed by atoms with Crippen LogP contribution >= 0.6 is 0 Å². The lowest BCUT2D eigenvalue weighted by molar-refractivity contribution is 0.548. The van der Waals surface area contributed by atoms with Gasteiger partial charge in [-0.3, -0.25) is 4.98 Å². The summed E-state index contributed by atoms with van der Waals surface area (Å²) in [6.45, 7) is 4.54. The van der Waals surface area contributed by atoms with Crippen LogP contribution in [0.4, 0.5) is 13.2 Å². The van der Waals surface area contributed by atoms with Gasteiger partial charge in [0.05, 0.1) is 5.56 Å². The van der Waals surface area contributed by atoms with Crippen LogP contribution in [0.5, 0.6) is 0 Å². The summed E-state index contributed by atoms with van der Waals surface area (Å²) in [7, 11) is 0. The molecule has 0 aliphatic carbocycles. The summed E-state index contributed by atoms with van der Waals surface area (Å²) < 4.78 is 40.3. The smallest absolute Gasteiger partial charge is 0.136 e. The first-order valence-corrected chi connectivity index (χ1v) is 6.29. The monoisotopic (exact) mass is 280 g/mol. The highest BCUT2D eigenvalue weighted by molar-refractivity contribution is 5.64. The van der Waals surface area contributed by atoms with Crippen molar-refractivity contribution in [2.45, 2.75) is 26.4 Å². The highest BCUT2D eigenvalue weighted by atomic mass is 19.1. The van der Waals surface area contributed by atoms with Crippen LogP contribution in [-0.2, 0) is 6.54 Å². The molecule has 20 heavy (non-hydrogen) atoms. The molecule has 0 radical (unpaired) electrons. The highest BCUT2D eigenvalue weighted by Crippen LogP contribution is 2.26. The van der Waals surface area contributed by atoms with Gasteiger partial charge in [-0.2, -0.15) is 0 Å². The maximum Gasteiger partial charge on any atom is 0.136 e. The Labute approximate surface area is 115 Å². The number of nitrogens with zero attached hydrogens (tertiary/aromatic N) is 1. The summed E-state index contributed by atoms with van der Waals surface area (Å²) >= 11 is 0. The molecule has 0 spiro atoms. The summed E-state index contributed by atoms with van der Waals surface area (Å²) in [5.41, 5.74) is 0.840. The van der Waals surface area contributed by atoms with E-state index in [0.717, 1.165) is 5.56 Å². The molecule has 1 heterocycles. The van der Waals surface area contributed by atoms with Crippen molar-refractivity contribution in [3.63, 3.8) is 0 Å². The van der Waals surface area contributed by atoms with E-state index in [4.69, 9.17) is 0 Å². The molecule has 0 saturated heterocycles. The summed E-state index contributed by atoms with van der Waals surface area (Å²) in [5.74, 6) is -2.80. The van der Waals surface area contributed by atoms with Crippen LogP contribution in [0.2, 0.25) is 0 Å². The van der Waals surface area contributed by atoms with Crippen LogP contribution in [0.15, 0.2) is 30.6 Å². The van der Waals surface area contributed by atoms with Gasteiger partial charge in [-0.1, -0.05) is 13.8 Å². The van der Waals surface area contributed by atoms with Crippen molar-refractivity contribution in [1.82, 2.24) is 10.3 Å². The van der Waals surface area contributed by atoms with E-state index in [9.17, 15) is 13.2 Å². The predicted octanol–water partition coefficient (Wildman–Crippen LogP) is 3.66. The third kappa shape index (κ3) is 3.36. The quantitative estimate of drug-likeness (QED) is 0.924. The molecule has 0 bridgehead atoms. The molecular weight excluding hydrogens is 265 g/mol. The number of benzene rings is 1. The Balaban J connectivity index is 2.36. The fourth-order valence-electron chi connectivity index (χ4n) is 1.86. The van der Waals surface area contributed by atoms with Crippen LogP contribution in [-0.4, -0.2) is 11.0 Å². The average molecular weight is 280 g/mol. The second-order valence-electron chi connectivity index (χ2n) is 4.86. The normalized spacial score (nSPS) is 11.1. The Bertz CT molecular complexity index is 589. The fraction of sp³-hybridized carbons (Fsp3) is 0.267. The first-order chi connectivity index (χ1) is 9.47. The average Bonchev–Trinajstić information content (AvgIpc) is 2.35. The van der Waals surface area contributed by atoms with Gasteiger partial charge >= 0.3 is 0 Å². The molecule has 0 saturated carbocycles. The molecule has 1 aromatic heterocycles. The lowest BCUT2D eigenvalue weighted by atomic mass is 10.0. The molecule has 1 N–H and O–H groups in total. The van der Waals surface area contributed by atoms with Gasteiger partial charge in [-0.05, 0) is 11.6 Å². The van der Waals surface area contributed by atoms with Crippen LogP contribution in [0, 0.1) is 17.5 Å². The zero-order chi connectivity index (χ0) is 14.7. The van der Waals surface area contributed by atoms with Crippen molar-refractivity contribution < 1.29 is 13.2 Å². The molecule has 5 heteroatoms. The highest BCUT2D eigenvalue weighted by Gasteiger charge is 2.14. The van der Waals surface area contributed by atoms with E-state index in [1.807, 2.05) is 13.8 Å². The number of nitrogens with one attached hydrogen (secondary N) is 1. The van der Waals surface area contributed by atoms with Gasteiger partial charge in [-0.15, -0.1) is 0 Å². The van der Waals surface area contributed by atoms with Gasteiger partial charge in [0.25, 0.3) is 0 Å². The van der Waals surface area contributed by atoms with Crippen LogP contribution in [0.25, 0.3) is 11.1 Å². The summed E-state index contributed by atoms with van der Waals surface area (Å²) in [5, 5.41) is 3.19. The zero-order valence-corrected chi connectivity index (χ0v) is 11.3. The number of aromatic nitrogens is 1. The van der Waals surface area contributed by atoms with E-state index in [2.05, 4.69) is 10.3 Å². The second-order valence-corrected chi connectivity index (χ2v) is 4.86. The van der Waals surface area contributed by atoms with Crippen LogP contribution in [0.1, 0.15) is 19.4 Å². The number of rotatable bonds is 4. The third-order valence-corrected chi connectivity index (χ3v) is 2.80. The van der Waals surface area contributed by atoms with Gasteiger partial charge in [0.2, 0.25) is 0 Å². The number of hydrogen-bond donors (Lipinski definition) is 1. The minimum atomic E-state index is -0.936. The molecule has 1 aromatic carbocycles. The molecule has 106 valence electrons. The minimum Gasteiger partial charge on any atom is -0.310 e. The molecule has 0 unspecified atom stereocenters. The number of halogens is 3. The van der Waals surface area contributed by atoms with Gasteiger partial charge < -0.3 is 5.32 Å². The maximum absolute atomic E-state index is 13.7. The fourth-order valence-corrected chi connectivity index (χ4v) is 1.86. The van der Waals surface area contributed by atoms with E-state index in [0.29, 0.717) is 24.2 Å². The van der Waals surface area contributed by atoms with Crippen molar-refractivity contribution >= 4 is 0 Å². The van der Waals surface area contributed by atoms with E-state index in [1.165, 1.54) is 6.20 Å². The molecule has 2 nitrogen and oxygen atoms in total. The minimum absolute atomic E-state index is 0.259. The van der Waals surface area contributed by atoms with E-state index in [-0.39, 0.29) is 11.6 Å². The van der Waals surface area contributed by atoms with Crippen molar-refractivity contribution in [1.29, 1.82) is 0 Å². The molecule has 0 atom stereocenters. The van der Waals surface area contributed by atoms with Crippen molar-refractivity contribution in [3.8, 4) is 11.1 Å². The summed E-state index contributed by atoms with van der Waals surface area (Å²) in [6, 6.07) is 3.26. The largest absolute Gasteiger partial charge is 0.310 e.